The van der Waals surface area contributed by atoms with Crippen molar-refractivity contribution in [2.45, 2.75) is 32.5 Å². The van der Waals surface area contributed by atoms with Gasteiger partial charge in [-0.1, -0.05) is 0 Å². The highest BCUT2D eigenvalue weighted by Crippen LogP contribution is 2.22. The number of rotatable bonds is 3. The maximum Gasteiger partial charge on any atom is 0.401 e. The molecule has 14 heavy (non-hydrogen) atoms. The number of halogens is 3. The van der Waals surface area contributed by atoms with Crippen molar-refractivity contribution in [3.8, 4) is 0 Å². The van der Waals surface area contributed by atoms with Crippen LogP contribution in [0.5, 0.6) is 0 Å². The van der Waals surface area contributed by atoms with Gasteiger partial charge in [0.15, 0.2) is 0 Å². The van der Waals surface area contributed by atoms with E-state index in [-0.39, 0.29) is 0 Å². The van der Waals surface area contributed by atoms with E-state index in [0.717, 1.165) is 4.90 Å². The molecule has 0 rings (SSSR count). The van der Waals surface area contributed by atoms with Crippen LogP contribution in [0.25, 0.3) is 0 Å². The molecule has 3 nitrogen and oxygen atoms in total. The molecule has 6 heteroatoms. The molecule has 84 valence electrons. The average molecular weight is 213 g/mol. The van der Waals surface area contributed by atoms with Gasteiger partial charge in [-0.05, 0) is 20.8 Å². The predicted octanol–water partition coefficient (Wildman–Crippen LogP) is 1.73. The minimum atomic E-state index is -4.37. The number of hydrogen-bond acceptors (Lipinski definition) is 2. The van der Waals surface area contributed by atoms with Gasteiger partial charge >= 0.3 is 12.1 Å². The second-order valence-electron chi connectivity index (χ2n) is 4.04. The zero-order chi connectivity index (χ0) is 11.6. The number of aliphatic carboxylic acids is 1. The zero-order valence-corrected chi connectivity index (χ0v) is 8.35. The first kappa shape index (κ1) is 13.2. The van der Waals surface area contributed by atoms with E-state index < -0.39 is 30.8 Å². The minimum absolute atomic E-state index is 0.608. The van der Waals surface area contributed by atoms with Crippen LogP contribution < -0.4 is 0 Å². The second-order valence-corrected chi connectivity index (χ2v) is 4.04. The number of hydrogen-bond donors (Lipinski definition) is 1. The Morgan fingerprint density at radius 3 is 1.93 bits per heavy atom. The summed E-state index contributed by atoms with van der Waals surface area (Å²) in [5.74, 6) is -1.26. The molecule has 0 saturated carbocycles. The number of carboxylic acid groups (broad SMARTS) is 1. The molecule has 0 aromatic heterocycles. The molecule has 1 N–H and O–H groups in total. The van der Waals surface area contributed by atoms with Crippen LogP contribution in [-0.4, -0.2) is 40.8 Å². The monoisotopic (exact) mass is 213 g/mol. The van der Waals surface area contributed by atoms with E-state index in [1.807, 2.05) is 0 Å². The fourth-order valence-corrected chi connectivity index (χ4v) is 0.910. The molecule has 0 heterocycles. The Bertz CT molecular complexity index is 208. The summed E-state index contributed by atoms with van der Waals surface area (Å²) < 4.78 is 36.2. The maximum absolute atomic E-state index is 12.1. The van der Waals surface area contributed by atoms with E-state index in [1.165, 1.54) is 0 Å². The van der Waals surface area contributed by atoms with E-state index in [1.54, 1.807) is 20.8 Å². The summed E-state index contributed by atoms with van der Waals surface area (Å²) in [6, 6.07) is 0. The smallest absolute Gasteiger partial charge is 0.401 e. The van der Waals surface area contributed by atoms with Crippen LogP contribution in [0.2, 0.25) is 0 Å². The largest absolute Gasteiger partial charge is 0.480 e. The second kappa shape index (κ2) is 4.16. The predicted molar refractivity (Wildman–Crippen MR) is 45.0 cm³/mol. The van der Waals surface area contributed by atoms with Crippen LogP contribution in [-0.2, 0) is 4.79 Å². The summed E-state index contributed by atoms with van der Waals surface area (Å²) in [5, 5.41) is 8.44. The lowest BCUT2D eigenvalue weighted by molar-refractivity contribution is -0.162. The van der Waals surface area contributed by atoms with Crippen molar-refractivity contribution in [1.82, 2.24) is 4.90 Å². The third-order valence-corrected chi connectivity index (χ3v) is 1.64. The van der Waals surface area contributed by atoms with Gasteiger partial charge in [-0.15, -0.1) is 0 Å². The highest BCUT2D eigenvalue weighted by molar-refractivity contribution is 5.69. The third-order valence-electron chi connectivity index (χ3n) is 1.64. The van der Waals surface area contributed by atoms with Gasteiger partial charge in [-0.3, -0.25) is 9.69 Å². The van der Waals surface area contributed by atoms with Gasteiger partial charge in [0.1, 0.15) is 0 Å². The Labute approximate surface area is 80.5 Å². The van der Waals surface area contributed by atoms with Crippen molar-refractivity contribution in [1.29, 1.82) is 0 Å². The lowest BCUT2D eigenvalue weighted by atomic mass is 10.1. The van der Waals surface area contributed by atoms with Crippen LogP contribution >= 0.6 is 0 Å². The Morgan fingerprint density at radius 1 is 1.29 bits per heavy atom. The van der Waals surface area contributed by atoms with Crippen LogP contribution in [0.3, 0.4) is 0 Å². The fourth-order valence-electron chi connectivity index (χ4n) is 0.910. The van der Waals surface area contributed by atoms with E-state index in [9.17, 15) is 18.0 Å². The molecule has 0 aliphatic heterocycles. The lowest BCUT2D eigenvalue weighted by Gasteiger charge is -2.34. The molecule has 0 aliphatic carbocycles. The van der Waals surface area contributed by atoms with Crippen molar-refractivity contribution in [2.24, 2.45) is 0 Å². The van der Waals surface area contributed by atoms with Crippen LogP contribution in [0.1, 0.15) is 20.8 Å². The average Bonchev–Trinajstić information content (AvgIpc) is 1.78. The molecule has 0 unspecified atom stereocenters. The van der Waals surface area contributed by atoms with Gasteiger partial charge in [0.25, 0.3) is 0 Å². The molecule has 0 fully saturated rings. The van der Waals surface area contributed by atoms with Gasteiger partial charge in [-0.2, -0.15) is 13.2 Å². The van der Waals surface area contributed by atoms with Gasteiger partial charge in [0.05, 0.1) is 13.1 Å². The first-order valence-corrected chi connectivity index (χ1v) is 4.06. The molecule has 0 amide bonds. The standard InChI is InChI=1S/C8H14F3NO2/c1-7(2,3)12(4-6(13)14)5-8(9,10)11/h4-5H2,1-3H3,(H,13,14). The van der Waals surface area contributed by atoms with E-state index in [4.69, 9.17) is 5.11 Å². The topological polar surface area (TPSA) is 40.5 Å². The van der Waals surface area contributed by atoms with Crippen molar-refractivity contribution in [2.75, 3.05) is 13.1 Å². The number of nitrogens with zero attached hydrogens (tertiary/aromatic N) is 1. The minimum Gasteiger partial charge on any atom is -0.480 e. The molecule has 0 aromatic rings. The first-order valence-electron chi connectivity index (χ1n) is 4.06. The van der Waals surface area contributed by atoms with Crippen molar-refractivity contribution >= 4 is 5.97 Å². The lowest BCUT2D eigenvalue weighted by Crippen LogP contribution is -2.48. The Morgan fingerprint density at radius 2 is 1.71 bits per heavy atom. The summed E-state index contributed by atoms with van der Waals surface area (Å²) in [4.78, 5) is 11.2. The molecule has 0 saturated heterocycles. The summed E-state index contributed by atoms with van der Waals surface area (Å²) in [6.07, 6.45) is -4.37. The van der Waals surface area contributed by atoms with Gasteiger partial charge in [0.2, 0.25) is 0 Å². The Balaban J connectivity index is 4.50. The molecule has 0 radical (unpaired) electrons. The molecule has 0 aliphatic rings. The number of carbonyl (C=O) groups is 1. The van der Waals surface area contributed by atoms with Gasteiger partial charge < -0.3 is 5.11 Å². The summed E-state index contributed by atoms with van der Waals surface area (Å²) in [6.45, 7) is 2.82. The molecule has 0 atom stereocenters. The summed E-state index contributed by atoms with van der Waals surface area (Å²) in [7, 11) is 0. The van der Waals surface area contributed by atoms with Crippen molar-refractivity contribution < 1.29 is 23.1 Å². The van der Waals surface area contributed by atoms with Gasteiger partial charge in [0, 0.05) is 5.54 Å². The molecular weight excluding hydrogens is 199 g/mol. The molecule has 0 aromatic carbocycles. The quantitative estimate of drug-likeness (QED) is 0.776. The maximum atomic E-state index is 12.1. The highest BCUT2D eigenvalue weighted by Gasteiger charge is 2.36. The third kappa shape index (κ3) is 5.80. The molecular formula is C8H14F3NO2. The van der Waals surface area contributed by atoms with Crippen LogP contribution in [0, 0.1) is 0 Å². The number of alkyl halides is 3. The van der Waals surface area contributed by atoms with Crippen LogP contribution in [0.15, 0.2) is 0 Å². The van der Waals surface area contributed by atoms with Crippen LogP contribution in [0.4, 0.5) is 13.2 Å². The van der Waals surface area contributed by atoms with E-state index in [2.05, 4.69) is 0 Å². The summed E-state index contributed by atoms with van der Waals surface area (Å²) in [5.41, 5.74) is -0.812. The van der Waals surface area contributed by atoms with Crippen molar-refractivity contribution in [3.05, 3.63) is 0 Å². The fraction of sp³-hybridized carbons (Fsp3) is 0.875. The van der Waals surface area contributed by atoms with Crippen molar-refractivity contribution in [3.63, 3.8) is 0 Å². The van der Waals surface area contributed by atoms with E-state index in [0.29, 0.717) is 0 Å². The summed E-state index contributed by atoms with van der Waals surface area (Å²) >= 11 is 0. The van der Waals surface area contributed by atoms with Gasteiger partial charge in [-0.25, -0.2) is 0 Å². The Hall–Kier alpha value is -0.780. The SMILES string of the molecule is CC(C)(C)N(CC(=O)O)CC(F)(F)F. The normalized spacial score (nSPS) is 13.4. The first-order chi connectivity index (χ1) is 6.02. The molecule has 0 spiro atoms. The zero-order valence-electron chi connectivity index (χ0n) is 8.35. The molecule has 0 bridgehead atoms. The Kier molecular flexibility index (Phi) is 3.93. The number of carboxylic acids is 1. The highest BCUT2D eigenvalue weighted by atomic mass is 19.4. The van der Waals surface area contributed by atoms with E-state index >= 15 is 0 Å².